The molecule has 0 aliphatic carbocycles. The summed E-state index contributed by atoms with van der Waals surface area (Å²) in [5, 5.41) is 25.0. The van der Waals surface area contributed by atoms with Gasteiger partial charge >= 0.3 is 6.07 Å². The first-order valence-electron chi connectivity index (χ1n) is 17.7. The van der Waals surface area contributed by atoms with Crippen LogP contribution in [-0.4, -0.2) is 31.5 Å². The third-order valence-corrected chi connectivity index (χ3v) is 9.10. The van der Waals surface area contributed by atoms with Gasteiger partial charge in [-0.1, -0.05) is 17.0 Å². The van der Waals surface area contributed by atoms with E-state index in [2.05, 4.69) is 72.0 Å². The maximum absolute atomic E-state index is 14.0. The summed E-state index contributed by atoms with van der Waals surface area (Å²) in [6.07, 6.45) is 7.27. The molecule has 0 fully saturated rings. The zero-order valence-electron chi connectivity index (χ0n) is 30.2. The first kappa shape index (κ1) is 35.3. The SMILES string of the molecule is CC(C)(C[N+]#Cc1cc(Nc2ccc(F)c(F)c2)cc(Nc2ccc3cc[nH]c3c2)n1)c1cncc(Nc2cc(C#N)nc(Nc3ccc4cc[nH]c4c3)c2)c1. The van der Waals surface area contributed by atoms with E-state index >= 15 is 0 Å². The number of fused-ring (bicyclic) bond motifs is 2. The van der Waals surface area contributed by atoms with Gasteiger partial charge in [0.2, 0.25) is 0 Å². The summed E-state index contributed by atoms with van der Waals surface area (Å²) in [5.74, 6) is -0.868. The van der Waals surface area contributed by atoms with Crippen LogP contribution < -0.4 is 21.3 Å². The Hall–Kier alpha value is -7.77. The van der Waals surface area contributed by atoms with Crippen molar-refractivity contribution in [2.75, 3.05) is 27.8 Å². The fraction of sp³-hybridized carbons (Fsp3) is 0.0930. The van der Waals surface area contributed by atoms with Gasteiger partial charge in [0, 0.05) is 82.3 Å². The van der Waals surface area contributed by atoms with Gasteiger partial charge in [0.05, 0.1) is 17.3 Å². The van der Waals surface area contributed by atoms with Crippen LogP contribution in [0.3, 0.4) is 0 Å². The molecule has 8 rings (SSSR count). The molecule has 6 N–H and O–H groups in total. The number of H-pyrrole nitrogens is 2. The Bertz CT molecular complexity index is 2840. The second-order valence-electron chi connectivity index (χ2n) is 13.8. The molecule has 0 bridgehead atoms. The zero-order valence-corrected chi connectivity index (χ0v) is 30.2. The van der Waals surface area contributed by atoms with Crippen molar-refractivity contribution in [2.24, 2.45) is 0 Å². The predicted molar refractivity (Wildman–Crippen MR) is 218 cm³/mol. The molecular weight excluding hydrogens is 709 g/mol. The zero-order chi connectivity index (χ0) is 38.6. The molecule has 0 atom stereocenters. The van der Waals surface area contributed by atoms with E-state index < -0.39 is 17.0 Å². The fourth-order valence-electron chi connectivity index (χ4n) is 6.19. The minimum absolute atomic E-state index is 0.255. The molecule has 11 nitrogen and oxygen atoms in total. The van der Waals surface area contributed by atoms with E-state index in [1.807, 2.05) is 73.1 Å². The summed E-state index contributed by atoms with van der Waals surface area (Å²) in [6, 6.07) is 33.7. The Morgan fingerprint density at radius 3 is 1.86 bits per heavy atom. The molecule has 0 spiro atoms. The summed E-state index contributed by atoms with van der Waals surface area (Å²) in [7, 11) is 0. The van der Waals surface area contributed by atoms with Crippen LogP contribution in [0.5, 0.6) is 0 Å². The highest BCUT2D eigenvalue weighted by atomic mass is 19.2. The Kier molecular flexibility index (Phi) is 9.40. The Balaban J connectivity index is 1.01. The maximum atomic E-state index is 14.0. The number of aromatic nitrogens is 5. The third-order valence-electron chi connectivity index (χ3n) is 9.10. The van der Waals surface area contributed by atoms with Gasteiger partial charge < -0.3 is 31.2 Å². The number of anilines is 8. The molecular formula is C43H34F2N11+. The van der Waals surface area contributed by atoms with Gasteiger partial charge in [0.15, 0.2) is 17.3 Å². The summed E-state index contributed by atoms with van der Waals surface area (Å²) in [4.78, 5) is 24.7. The highest BCUT2D eigenvalue weighted by molar-refractivity contribution is 5.85. The maximum Gasteiger partial charge on any atom is 0.331 e. The number of halogens is 2. The Morgan fingerprint density at radius 1 is 0.625 bits per heavy atom. The molecule has 0 saturated heterocycles. The summed E-state index contributed by atoms with van der Waals surface area (Å²) in [5.41, 5.74) is 7.06. The first-order chi connectivity index (χ1) is 27.2. The molecule has 8 aromatic rings. The largest absolute Gasteiger partial charge is 0.361 e. The van der Waals surface area contributed by atoms with Crippen LogP contribution in [0.2, 0.25) is 0 Å². The van der Waals surface area contributed by atoms with E-state index in [1.54, 1.807) is 30.6 Å². The van der Waals surface area contributed by atoms with Crippen LogP contribution in [0.1, 0.15) is 30.8 Å². The van der Waals surface area contributed by atoms with Gasteiger partial charge in [-0.3, -0.25) is 4.98 Å². The quantitative estimate of drug-likeness (QED) is 0.0812. The number of nitrogens with zero attached hydrogens (tertiary/aromatic N) is 5. The molecule has 0 saturated carbocycles. The first-order valence-corrected chi connectivity index (χ1v) is 17.7. The summed E-state index contributed by atoms with van der Waals surface area (Å²) < 4.78 is 27.7. The molecule has 3 aromatic carbocycles. The lowest BCUT2D eigenvalue weighted by atomic mass is 9.86. The van der Waals surface area contributed by atoms with Crippen molar-refractivity contribution in [3.63, 3.8) is 0 Å². The van der Waals surface area contributed by atoms with Gasteiger partial charge in [-0.15, -0.1) is 0 Å². The molecule has 274 valence electrons. The highest BCUT2D eigenvalue weighted by Gasteiger charge is 2.27. The van der Waals surface area contributed by atoms with E-state index in [9.17, 15) is 14.0 Å². The van der Waals surface area contributed by atoms with Crippen molar-refractivity contribution in [1.29, 1.82) is 5.26 Å². The minimum atomic E-state index is -0.957. The molecule has 13 heteroatoms. The highest BCUT2D eigenvalue weighted by Crippen LogP contribution is 2.30. The number of rotatable bonds is 10. The van der Waals surface area contributed by atoms with E-state index in [4.69, 9.17) is 4.98 Å². The van der Waals surface area contributed by atoms with Crippen LogP contribution in [0.4, 0.5) is 54.5 Å². The van der Waals surface area contributed by atoms with Crippen molar-refractivity contribution >= 4 is 67.6 Å². The lowest BCUT2D eigenvalue weighted by molar-refractivity contribution is 0.509. The third kappa shape index (κ3) is 8.07. The average Bonchev–Trinajstić information content (AvgIpc) is 3.86. The average molecular weight is 743 g/mol. The van der Waals surface area contributed by atoms with Crippen molar-refractivity contribution in [3.05, 3.63) is 155 Å². The van der Waals surface area contributed by atoms with E-state index in [0.717, 1.165) is 56.6 Å². The smallest absolute Gasteiger partial charge is 0.331 e. The van der Waals surface area contributed by atoms with Crippen LogP contribution in [0.15, 0.2) is 122 Å². The van der Waals surface area contributed by atoms with E-state index in [1.165, 1.54) is 6.07 Å². The Morgan fingerprint density at radius 2 is 1.21 bits per heavy atom. The molecule has 0 aliphatic rings. The second-order valence-corrected chi connectivity index (χ2v) is 13.8. The number of benzene rings is 3. The second kappa shape index (κ2) is 14.9. The molecule has 0 unspecified atom stereocenters. The van der Waals surface area contributed by atoms with Crippen LogP contribution in [0.25, 0.3) is 26.7 Å². The van der Waals surface area contributed by atoms with Gasteiger partial charge in [-0.25, -0.2) is 18.7 Å². The number of nitrogens with one attached hydrogen (secondary N) is 6. The van der Waals surface area contributed by atoms with Gasteiger partial charge in [0.1, 0.15) is 23.4 Å². The number of nitriles is 1. The topological polar surface area (TPSA) is 147 Å². The Labute approximate surface area is 320 Å². The van der Waals surface area contributed by atoms with Gasteiger partial charge in [-0.2, -0.15) is 5.26 Å². The fourth-order valence-corrected chi connectivity index (χ4v) is 6.19. The van der Waals surface area contributed by atoms with E-state index in [0.29, 0.717) is 40.9 Å². The van der Waals surface area contributed by atoms with Crippen molar-refractivity contribution < 1.29 is 8.78 Å². The van der Waals surface area contributed by atoms with Crippen molar-refractivity contribution in [2.45, 2.75) is 19.3 Å². The lowest BCUT2D eigenvalue weighted by Crippen LogP contribution is -2.20. The minimum Gasteiger partial charge on any atom is -0.361 e. The molecule has 5 aromatic heterocycles. The van der Waals surface area contributed by atoms with Gasteiger partial charge in [0.25, 0.3) is 6.54 Å². The lowest BCUT2D eigenvalue weighted by Gasteiger charge is -2.18. The van der Waals surface area contributed by atoms with Crippen LogP contribution >= 0.6 is 0 Å². The van der Waals surface area contributed by atoms with Crippen molar-refractivity contribution in [3.8, 4) is 12.1 Å². The van der Waals surface area contributed by atoms with Crippen molar-refractivity contribution in [1.82, 2.24) is 24.9 Å². The van der Waals surface area contributed by atoms with Crippen LogP contribution in [-0.2, 0) is 5.41 Å². The molecule has 0 amide bonds. The molecule has 0 aliphatic heterocycles. The van der Waals surface area contributed by atoms with E-state index in [-0.39, 0.29) is 5.69 Å². The normalized spacial score (nSPS) is 11.1. The summed E-state index contributed by atoms with van der Waals surface area (Å²) in [6.45, 7) is 4.46. The predicted octanol–water partition coefficient (Wildman–Crippen LogP) is 10.6. The van der Waals surface area contributed by atoms with Gasteiger partial charge in [-0.05, 0) is 90.8 Å². The monoisotopic (exact) mass is 742 g/mol. The molecule has 56 heavy (non-hydrogen) atoms. The standard InChI is InChI=1S/C43H33F2N11/c1-43(2,28-13-35(23-47-22-28)52-32-14-34(21-46)55-41(19-32)53-30-5-3-26-9-11-49-39(26)17-30)25-48-24-36-15-33(51-29-7-8-37(44)38(45)16-29)20-42(56-36)54-31-6-4-27-10-12-50-40(27)18-31/h3-20,22-23,51,56H,25H2,1-2H3,(H3,49,50,52,53,54,55)/p+1. The molecule has 5 heterocycles. The number of pyridine rings is 3. The summed E-state index contributed by atoms with van der Waals surface area (Å²) >= 11 is 0. The number of aromatic amines is 2. The number of hydrogen-bond acceptors (Lipinski definition) is 8. The number of hydrogen-bond donors (Lipinski definition) is 6. The molecule has 0 radical (unpaired) electrons. The van der Waals surface area contributed by atoms with Crippen LogP contribution in [0, 0.1) is 29.0 Å².